The number of nitrogens with zero attached hydrogens (tertiary/aromatic N) is 4. The van der Waals surface area contributed by atoms with E-state index in [1.807, 2.05) is 30.3 Å². The van der Waals surface area contributed by atoms with E-state index in [4.69, 9.17) is 4.74 Å². The van der Waals surface area contributed by atoms with Crippen LogP contribution in [-0.4, -0.2) is 35.3 Å². The maximum absolute atomic E-state index is 13.5. The summed E-state index contributed by atoms with van der Waals surface area (Å²) in [5.41, 5.74) is 0.985. The van der Waals surface area contributed by atoms with Gasteiger partial charge >= 0.3 is 6.01 Å². The third-order valence-electron chi connectivity index (χ3n) is 2.33. The van der Waals surface area contributed by atoms with Gasteiger partial charge in [0, 0.05) is 14.1 Å². The van der Waals surface area contributed by atoms with E-state index in [0.717, 1.165) is 11.8 Å². The fraction of sp³-hybridized carbons (Fsp3) is 0.214. The molecule has 0 saturated carbocycles. The van der Waals surface area contributed by atoms with Gasteiger partial charge in [-0.15, -0.1) is 0 Å². The van der Waals surface area contributed by atoms with Crippen LogP contribution in [0.3, 0.4) is 0 Å². The summed E-state index contributed by atoms with van der Waals surface area (Å²) in [7, 11) is 3.57. The molecular weight excluding hydrogens is 259 g/mol. The maximum Gasteiger partial charge on any atom is 0.318 e. The largest absolute Gasteiger partial charge is 0.459 e. The van der Waals surface area contributed by atoms with Crippen molar-refractivity contribution >= 4 is 12.2 Å². The maximum atomic E-state index is 13.5. The molecule has 0 N–H and O–H groups in total. The Kier molecular flexibility index (Phi) is 4.60. The van der Waals surface area contributed by atoms with Gasteiger partial charge < -0.3 is 9.64 Å². The van der Waals surface area contributed by atoms with Crippen LogP contribution in [0.2, 0.25) is 0 Å². The Balaban J connectivity index is 2.07. The quantitative estimate of drug-likeness (QED) is 0.620. The molecule has 6 heteroatoms. The van der Waals surface area contributed by atoms with Crippen molar-refractivity contribution in [1.29, 1.82) is 0 Å². The Morgan fingerprint density at radius 2 is 2.05 bits per heavy atom. The zero-order chi connectivity index (χ0) is 14.4. The van der Waals surface area contributed by atoms with Crippen molar-refractivity contribution in [1.82, 2.24) is 14.9 Å². The zero-order valence-electron chi connectivity index (χ0n) is 11.3. The SMILES string of the molecule is CN(C)/C=N/c1nc(OCc2ccccc2)ncc1F. The Hall–Kier alpha value is -2.50. The number of hydrogen-bond acceptors (Lipinski definition) is 4. The van der Waals surface area contributed by atoms with Crippen LogP contribution in [0, 0.1) is 5.82 Å². The molecular formula is C14H15FN4O. The van der Waals surface area contributed by atoms with Crippen LogP contribution in [0.25, 0.3) is 0 Å². The van der Waals surface area contributed by atoms with E-state index in [2.05, 4.69) is 15.0 Å². The van der Waals surface area contributed by atoms with E-state index in [1.54, 1.807) is 19.0 Å². The average Bonchev–Trinajstić information content (AvgIpc) is 2.46. The fourth-order valence-electron chi connectivity index (χ4n) is 1.39. The Bertz CT molecular complexity index is 587. The monoisotopic (exact) mass is 274 g/mol. The molecule has 0 atom stereocenters. The summed E-state index contributed by atoms with van der Waals surface area (Å²) >= 11 is 0. The van der Waals surface area contributed by atoms with Gasteiger partial charge in [0.25, 0.3) is 0 Å². The number of aromatic nitrogens is 2. The van der Waals surface area contributed by atoms with Crippen molar-refractivity contribution in [3.63, 3.8) is 0 Å². The lowest BCUT2D eigenvalue weighted by atomic mass is 10.2. The van der Waals surface area contributed by atoms with Crippen LogP contribution in [0.4, 0.5) is 10.2 Å². The van der Waals surface area contributed by atoms with Crippen molar-refractivity contribution in [3.8, 4) is 6.01 Å². The molecule has 5 nitrogen and oxygen atoms in total. The number of hydrogen-bond donors (Lipinski definition) is 0. The number of aliphatic imine (C=N–C) groups is 1. The van der Waals surface area contributed by atoms with E-state index in [0.29, 0.717) is 6.61 Å². The second-order valence-corrected chi connectivity index (χ2v) is 4.31. The molecule has 0 fully saturated rings. The molecule has 1 aromatic heterocycles. The summed E-state index contributed by atoms with van der Waals surface area (Å²) in [5, 5.41) is 0. The molecule has 2 aromatic rings. The fourth-order valence-corrected chi connectivity index (χ4v) is 1.39. The second kappa shape index (κ2) is 6.60. The summed E-state index contributed by atoms with van der Waals surface area (Å²) in [6.07, 6.45) is 2.52. The van der Waals surface area contributed by atoms with Gasteiger partial charge in [0.2, 0.25) is 0 Å². The molecule has 0 amide bonds. The third-order valence-corrected chi connectivity index (χ3v) is 2.33. The lowest BCUT2D eigenvalue weighted by Gasteiger charge is -2.06. The molecule has 0 aliphatic rings. The highest BCUT2D eigenvalue weighted by Gasteiger charge is 2.06. The molecule has 2 rings (SSSR count). The summed E-state index contributed by atoms with van der Waals surface area (Å²) in [6, 6.07) is 9.70. The summed E-state index contributed by atoms with van der Waals surface area (Å²) in [6.45, 7) is 0.323. The minimum absolute atomic E-state index is 0.0447. The van der Waals surface area contributed by atoms with Crippen LogP contribution in [0.5, 0.6) is 6.01 Å². The highest BCUT2D eigenvalue weighted by molar-refractivity contribution is 5.59. The molecule has 0 aliphatic heterocycles. The Labute approximate surface area is 116 Å². The molecule has 0 unspecified atom stereocenters. The number of halogens is 1. The van der Waals surface area contributed by atoms with Crippen LogP contribution in [0.1, 0.15) is 5.56 Å². The van der Waals surface area contributed by atoms with Crippen molar-refractivity contribution in [2.45, 2.75) is 6.61 Å². The van der Waals surface area contributed by atoms with Crippen LogP contribution >= 0.6 is 0 Å². The van der Waals surface area contributed by atoms with E-state index in [-0.39, 0.29) is 11.8 Å². The topological polar surface area (TPSA) is 50.6 Å². The van der Waals surface area contributed by atoms with Gasteiger partial charge in [0.15, 0.2) is 11.6 Å². The molecule has 1 aromatic carbocycles. The molecule has 0 aliphatic carbocycles. The van der Waals surface area contributed by atoms with Gasteiger partial charge in [-0.1, -0.05) is 30.3 Å². The molecule has 0 bridgehead atoms. The highest BCUT2D eigenvalue weighted by atomic mass is 19.1. The predicted molar refractivity (Wildman–Crippen MR) is 74.6 cm³/mol. The summed E-state index contributed by atoms with van der Waals surface area (Å²) in [4.78, 5) is 13.3. The number of ether oxygens (including phenoxy) is 1. The van der Waals surface area contributed by atoms with E-state index < -0.39 is 5.82 Å². The van der Waals surface area contributed by atoms with Crippen molar-refractivity contribution in [3.05, 3.63) is 47.9 Å². The molecule has 20 heavy (non-hydrogen) atoms. The van der Waals surface area contributed by atoms with Gasteiger partial charge in [-0.2, -0.15) is 4.98 Å². The van der Waals surface area contributed by atoms with Crippen molar-refractivity contribution < 1.29 is 9.13 Å². The van der Waals surface area contributed by atoms with E-state index in [9.17, 15) is 4.39 Å². The first-order valence-electron chi connectivity index (χ1n) is 6.05. The predicted octanol–water partition coefficient (Wildman–Crippen LogP) is 2.42. The smallest absolute Gasteiger partial charge is 0.318 e. The minimum Gasteiger partial charge on any atom is -0.459 e. The van der Waals surface area contributed by atoms with Crippen molar-refractivity contribution in [2.75, 3.05) is 14.1 Å². The number of rotatable bonds is 5. The van der Waals surface area contributed by atoms with Gasteiger partial charge in [-0.25, -0.2) is 14.4 Å². The second-order valence-electron chi connectivity index (χ2n) is 4.31. The first kappa shape index (κ1) is 13.9. The molecule has 104 valence electrons. The lowest BCUT2D eigenvalue weighted by molar-refractivity contribution is 0.279. The number of benzene rings is 1. The average molecular weight is 274 g/mol. The van der Waals surface area contributed by atoms with Crippen LogP contribution in [0.15, 0.2) is 41.5 Å². The Morgan fingerprint density at radius 1 is 1.30 bits per heavy atom. The molecule has 0 spiro atoms. The molecule has 1 heterocycles. The third kappa shape index (κ3) is 4.01. The van der Waals surface area contributed by atoms with Crippen LogP contribution < -0.4 is 4.74 Å². The van der Waals surface area contributed by atoms with Gasteiger partial charge in [0.05, 0.1) is 12.5 Å². The Morgan fingerprint density at radius 3 is 2.75 bits per heavy atom. The van der Waals surface area contributed by atoms with Gasteiger partial charge in [0.1, 0.15) is 6.61 Å². The van der Waals surface area contributed by atoms with E-state index in [1.165, 1.54) is 6.34 Å². The van der Waals surface area contributed by atoms with Crippen molar-refractivity contribution in [2.24, 2.45) is 4.99 Å². The highest BCUT2D eigenvalue weighted by Crippen LogP contribution is 2.16. The lowest BCUT2D eigenvalue weighted by Crippen LogP contribution is -2.07. The minimum atomic E-state index is -0.588. The normalized spacial score (nSPS) is 10.8. The van der Waals surface area contributed by atoms with Crippen LogP contribution in [-0.2, 0) is 6.61 Å². The zero-order valence-corrected chi connectivity index (χ0v) is 11.3. The first-order valence-corrected chi connectivity index (χ1v) is 6.05. The first-order chi connectivity index (χ1) is 9.65. The summed E-state index contributed by atoms with van der Waals surface area (Å²) < 4.78 is 18.9. The van der Waals surface area contributed by atoms with Gasteiger partial charge in [-0.3, -0.25) is 0 Å². The van der Waals surface area contributed by atoms with E-state index >= 15 is 0 Å². The molecule has 0 radical (unpaired) electrons. The van der Waals surface area contributed by atoms with Gasteiger partial charge in [-0.05, 0) is 5.56 Å². The standard InChI is InChI=1S/C14H15FN4O/c1-19(2)10-17-13-12(15)8-16-14(18-13)20-9-11-6-4-3-5-7-11/h3-8,10H,9H2,1-2H3/b17-10+. The molecule has 0 saturated heterocycles. The summed E-state index contributed by atoms with van der Waals surface area (Å²) in [5.74, 6) is -0.632.